The molecule has 1 atom stereocenters. The first-order chi connectivity index (χ1) is 4.74. The van der Waals surface area contributed by atoms with Crippen LogP contribution >= 0.6 is 0 Å². The van der Waals surface area contributed by atoms with Gasteiger partial charge < -0.3 is 5.32 Å². The summed E-state index contributed by atoms with van der Waals surface area (Å²) >= 11 is 0. The zero-order chi connectivity index (χ0) is 7.56. The van der Waals surface area contributed by atoms with Crippen LogP contribution in [0, 0.1) is 11.8 Å². The molecule has 0 bridgehead atoms. The topological polar surface area (TPSA) is 12.0 Å². The lowest BCUT2D eigenvalue weighted by Gasteiger charge is -2.37. The van der Waals surface area contributed by atoms with E-state index in [0.717, 1.165) is 24.4 Å². The summed E-state index contributed by atoms with van der Waals surface area (Å²) in [4.78, 5) is 0. The van der Waals surface area contributed by atoms with Crippen molar-refractivity contribution < 1.29 is 0 Å². The van der Waals surface area contributed by atoms with Crippen LogP contribution < -0.4 is 5.32 Å². The SMILES string of the molecule is CCNC(C)C1CC(C)C1. The monoisotopic (exact) mass is 141 g/mol. The maximum Gasteiger partial charge on any atom is 0.00670 e. The normalized spacial score (nSPS) is 35.1. The van der Waals surface area contributed by atoms with E-state index in [2.05, 4.69) is 26.1 Å². The summed E-state index contributed by atoms with van der Waals surface area (Å²) in [5.74, 6) is 1.96. The Morgan fingerprint density at radius 1 is 1.50 bits per heavy atom. The molecule has 0 aromatic heterocycles. The van der Waals surface area contributed by atoms with Crippen molar-refractivity contribution in [2.75, 3.05) is 6.54 Å². The van der Waals surface area contributed by atoms with Gasteiger partial charge in [-0.1, -0.05) is 13.8 Å². The molecule has 0 amide bonds. The largest absolute Gasteiger partial charge is 0.314 e. The van der Waals surface area contributed by atoms with Gasteiger partial charge in [-0.3, -0.25) is 0 Å². The molecule has 0 heterocycles. The molecule has 0 spiro atoms. The Morgan fingerprint density at radius 3 is 2.50 bits per heavy atom. The van der Waals surface area contributed by atoms with Crippen LogP contribution in [-0.2, 0) is 0 Å². The summed E-state index contributed by atoms with van der Waals surface area (Å²) in [7, 11) is 0. The highest BCUT2D eigenvalue weighted by Crippen LogP contribution is 2.35. The molecule has 0 radical (unpaired) electrons. The molecule has 0 aromatic rings. The van der Waals surface area contributed by atoms with Crippen LogP contribution in [-0.4, -0.2) is 12.6 Å². The van der Waals surface area contributed by atoms with Crippen LogP contribution in [0.5, 0.6) is 0 Å². The zero-order valence-electron chi connectivity index (χ0n) is 7.35. The van der Waals surface area contributed by atoms with Crippen molar-refractivity contribution in [3.05, 3.63) is 0 Å². The van der Waals surface area contributed by atoms with Gasteiger partial charge in [0.25, 0.3) is 0 Å². The maximum absolute atomic E-state index is 3.47. The maximum atomic E-state index is 3.47. The van der Waals surface area contributed by atoms with Crippen LogP contribution in [0.3, 0.4) is 0 Å². The molecule has 1 unspecified atom stereocenters. The standard InChI is InChI=1S/C9H19N/c1-4-10-8(3)9-5-7(2)6-9/h7-10H,4-6H2,1-3H3. The molecule has 1 aliphatic rings. The molecule has 0 aromatic carbocycles. The molecule has 0 saturated heterocycles. The van der Waals surface area contributed by atoms with E-state index in [1.54, 1.807) is 0 Å². The molecule has 1 saturated carbocycles. The van der Waals surface area contributed by atoms with Gasteiger partial charge in [0.2, 0.25) is 0 Å². The average Bonchev–Trinajstić information content (AvgIpc) is 1.82. The van der Waals surface area contributed by atoms with Gasteiger partial charge in [0.05, 0.1) is 0 Å². The summed E-state index contributed by atoms with van der Waals surface area (Å²) in [6.45, 7) is 7.94. The van der Waals surface area contributed by atoms with E-state index in [9.17, 15) is 0 Å². The van der Waals surface area contributed by atoms with Crippen molar-refractivity contribution in [3.63, 3.8) is 0 Å². The Hall–Kier alpha value is -0.0400. The summed E-state index contributed by atoms with van der Waals surface area (Å²) in [6, 6.07) is 0.751. The number of rotatable bonds is 3. The lowest BCUT2D eigenvalue weighted by molar-refractivity contribution is 0.166. The number of nitrogens with one attached hydrogen (secondary N) is 1. The number of hydrogen-bond acceptors (Lipinski definition) is 1. The van der Waals surface area contributed by atoms with Gasteiger partial charge in [-0.25, -0.2) is 0 Å². The van der Waals surface area contributed by atoms with Crippen LogP contribution in [0.25, 0.3) is 0 Å². The quantitative estimate of drug-likeness (QED) is 0.634. The summed E-state index contributed by atoms with van der Waals surface area (Å²) in [6.07, 6.45) is 2.88. The lowest BCUT2D eigenvalue weighted by atomic mass is 9.72. The van der Waals surface area contributed by atoms with E-state index in [4.69, 9.17) is 0 Å². The van der Waals surface area contributed by atoms with E-state index >= 15 is 0 Å². The second-order valence-electron chi connectivity index (χ2n) is 3.68. The van der Waals surface area contributed by atoms with Gasteiger partial charge in [0, 0.05) is 6.04 Å². The van der Waals surface area contributed by atoms with Crippen molar-refractivity contribution in [2.45, 2.75) is 39.7 Å². The molecule has 1 fully saturated rings. The molecular weight excluding hydrogens is 122 g/mol. The van der Waals surface area contributed by atoms with Gasteiger partial charge >= 0.3 is 0 Å². The summed E-state index contributed by atoms with van der Waals surface area (Å²) in [5.41, 5.74) is 0. The van der Waals surface area contributed by atoms with Crippen LogP contribution in [0.1, 0.15) is 33.6 Å². The minimum atomic E-state index is 0.751. The Bertz CT molecular complexity index is 92.1. The molecule has 1 aliphatic carbocycles. The first-order valence-electron chi connectivity index (χ1n) is 4.47. The fourth-order valence-corrected chi connectivity index (χ4v) is 1.86. The first-order valence-corrected chi connectivity index (χ1v) is 4.47. The molecular formula is C9H19N. The van der Waals surface area contributed by atoms with E-state index in [1.807, 2.05) is 0 Å². The Labute approximate surface area is 64.2 Å². The third-order valence-electron chi connectivity index (χ3n) is 2.64. The Morgan fingerprint density at radius 2 is 2.10 bits per heavy atom. The molecule has 1 rings (SSSR count). The molecule has 1 nitrogen and oxygen atoms in total. The van der Waals surface area contributed by atoms with Gasteiger partial charge in [-0.05, 0) is 38.1 Å². The molecule has 1 heteroatoms. The fourth-order valence-electron chi connectivity index (χ4n) is 1.86. The van der Waals surface area contributed by atoms with Crippen LogP contribution in [0.4, 0.5) is 0 Å². The minimum Gasteiger partial charge on any atom is -0.314 e. The summed E-state index contributed by atoms with van der Waals surface area (Å²) < 4.78 is 0. The van der Waals surface area contributed by atoms with E-state index < -0.39 is 0 Å². The minimum absolute atomic E-state index is 0.751. The van der Waals surface area contributed by atoms with E-state index in [0.29, 0.717) is 0 Å². The van der Waals surface area contributed by atoms with Gasteiger partial charge in [-0.2, -0.15) is 0 Å². The van der Waals surface area contributed by atoms with Crippen LogP contribution in [0.15, 0.2) is 0 Å². The van der Waals surface area contributed by atoms with Gasteiger partial charge in [0.1, 0.15) is 0 Å². The fraction of sp³-hybridized carbons (Fsp3) is 1.00. The number of hydrogen-bond donors (Lipinski definition) is 1. The van der Waals surface area contributed by atoms with Gasteiger partial charge in [0.15, 0.2) is 0 Å². The third kappa shape index (κ3) is 1.72. The highest BCUT2D eigenvalue weighted by Gasteiger charge is 2.29. The Kier molecular flexibility index (Phi) is 2.72. The summed E-state index contributed by atoms with van der Waals surface area (Å²) in [5, 5.41) is 3.47. The van der Waals surface area contributed by atoms with Crippen LogP contribution in [0.2, 0.25) is 0 Å². The molecule has 1 N–H and O–H groups in total. The highest BCUT2D eigenvalue weighted by atomic mass is 14.9. The van der Waals surface area contributed by atoms with Crippen molar-refractivity contribution in [1.82, 2.24) is 5.32 Å². The van der Waals surface area contributed by atoms with Gasteiger partial charge in [-0.15, -0.1) is 0 Å². The highest BCUT2D eigenvalue weighted by molar-refractivity contribution is 4.83. The van der Waals surface area contributed by atoms with Crippen molar-refractivity contribution >= 4 is 0 Å². The predicted molar refractivity (Wildman–Crippen MR) is 45.0 cm³/mol. The smallest absolute Gasteiger partial charge is 0.00670 e. The second kappa shape index (κ2) is 3.38. The Balaban J connectivity index is 2.11. The van der Waals surface area contributed by atoms with E-state index in [-0.39, 0.29) is 0 Å². The lowest BCUT2D eigenvalue weighted by Crippen LogP contribution is -2.39. The van der Waals surface area contributed by atoms with Crippen molar-refractivity contribution in [3.8, 4) is 0 Å². The second-order valence-corrected chi connectivity index (χ2v) is 3.68. The average molecular weight is 141 g/mol. The first kappa shape index (κ1) is 8.06. The third-order valence-corrected chi connectivity index (χ3v) is 2.64. The van der Waals surface area contributed by atoms with Crippen molar-refractivity contribution in [1.29, 1.82) is 0 Å². The molecule has 0 aliphatic heterocycles. The zero-order valence-corrected chi connectivity index (χ0v) is 7.35. The molecule has 60 valence electrons. The van der Waals surface area contributed by atoms with Crippen molar-refractivity contribution in [2.24, 2.45) is 11.8 Å². The van der Waals surface area contributed by atoms with E-state index in [1.165, 1.54) is 12.8 Å². The predicted octanol–water partition coefficient (Wildman–Crippen LogP) is 2.03. The molecule has 10 heavy (non-hydrogen) atoms.